The Morgan fingerprint density at radius 2 is 2.43 bits per heavy atom. The van der Waals surface area contributed by atoms with Crippen LogP contribution in [0.25, 0.3) is 0 Å². The van der Waals surface area contributed by atoms with Crippen LogP contribution in [-0.2, 0) is 0 Å². The van der Waals surface area contributed by atoms with Crippen LogP contribution in [0.5, 0.6) is 11.5 Å². The van der Waals surface area contributed by atoms with Gasteiger partial charge in [-0.3, -0.25) is 0 Å². The minimum atomic E-state index is 0.310. The van der Waals surface area contributed by atoms with Crippen LogP contribution in [0.3, 0.4) is 0 Å². The third-order valence-electron chi connectivity index (χ3n) is 2.45. The molecule has 0 aliphatic carbocycles. The highest BCUT2D eigenvalue weighted by atomic mass is 16.5. The fraction of sp³-hybridized carbons (Fsp3) is 0.455. The minimum Gasteiger partial charge on any atom is -0.493 e. The number of rotatable bonds is 3. The van der Waals surface area contributed by atoms with E-state index in [0.29, 0.717) is 12.6 Å². The fourth-order valence-electron chi connectivity index (χ4n) is 1.79. The van der Waals surface area contributed by atoms with Crippen LogP contribution in [0.15, 0.2) is 18.2 Å². The van der Waals surface area contributed by atoms with E-state index < -0.39 is 0 Å². The first-order chi connectivity index (χ1) is 6.86. The van der Waals surface area contributed by atoms with Gasteiger partial charge in [-0.1, -0.05) is 19.1 Å². The van der Waals surface area contributed by atoms with E-state index in [0.717, 1.165) is 18.0 Å². The lowest BCUT2D eigenvalue weighted by Gasteiger charge is -2.09. The highest BCUT2D eigenvalue weighted by Gasteiger charge is 2.25. The second kappa shape index (κ2) is 3.88. The Morgan fingerprint density at radius 3 is 3.14 bits per heavy atom. The summed E-state index contributed by atoms with van der Waals surface area (Å²) in [5.74, 6) is 1.71. The molecule has 1 aliphatic heterocycles. The molecule has 0 aromatic heterocycles. The summed E-state index contributed by atoms with van der Waals surface area (Å²) >= 11 is 0. The van der Waals surface area contributed by atoms with Crippen molar-refractivity contribution >= 4 is 0 Å². The van der Waals surface area contributed by atoms with Crippen LogP contribution in [0.2, 0.25) is 0 Å². The molecule has 14 heavy (non-hydrogen) atoms. The molecule has 1 atom stereocenters. The molecule has 0 radical (unpaired) electrons. The highest BCUT2D eigenvalue weighted by Crippen LogP contribution is 2.39. The maximum Gasteiger partial charge on any atom is 0.166 e. The summed E-state index contributed by atoms with van der Waals surface area (Å²) in [7, 11) is 1.67. The third-order valence-corrected chi connectivity index (χ3v) is 2.45. The number of hydrogen-bond acceptors (Lipinski definition) is 3. The van der Waals surface area contributed by atoms with Crippen LogP contribution in [0.1, 0.15) is 18.5 Å². The molecule has 1 aromatic carbocycles. The van der Waals surface area contributed by atoms with Crippen molar-refractivity contribution in [2.24, 2.45) is 0 Å². The molecule has 0 spiro atoms. The maximum absolute atomic E-state index is 5.60. The molecule has 1 aromatic rings. The maximum atomic E-state index is 5.60. The molecular formula is C11H15NO2. The summed E-state index contributed by atoms with van der Waals surface area (Å²) in [6, 6.07) is 6.31. The summed E-state index contributed by atoms with van der Waals surface area (Å²) in [6.45, 7) is 3.74. The predicted octanol–water partition coefficient (Wildman–Crippen LogP) is 1.74. The number of nitrogens with one attached hydrogen (secondary N) is 1. The van der Waals surface area contributed by atoms with Gasteiger partial charge in [-0.25, -0.2) is 0 Å². The molecule has 3 heteroatoms. The summed E-state index contributed by atoms with van der Waals surface area (Å²) in [4.78, 5) is 0. The molecule has 0 bridgehead atoms. The van der Waals surface area contributed by atoms with E-state index in [1.807, 2.05) is 12.1 Å². The van der Waals surface area contributed by atoms with Crippen molar-refractivity contribution in [3.8, 4) is 11.5 Å². The SMILES string of the molecule is CCNC1COc2c(OC)cccc21. The first kappa shape index (κ1) is 9.34. The first-order valence-corrected chi connectivity index (χ1v) is 4.90. The van der Waals surface area contributed by atoms with E-state index in [9.17, 15) is 0 Å². The standard InChI is InChI=1S/C11H15NO2/c1-3-12-9-7-14-11-8(9)5-4-6-10(11)13-2/h4-6,9,12H,3,7H2,1-2H3. The second-order valence-corrected chi connectivity index (χ2v) is 3.30. The Hall–Kier alpha value is -1.22. The molecule has 2 rings (SSSR count). The van der Waals surface area contributed by atoms with E-state index in [1.165, 1.54) is 5.56 Å². The van der Waals surface area contributed by atoms with E-state index >= 15 is 0 Å². The molecule has 3 nitrogen and oxygen atoms in total. The lowest BCUT2D eigenvalue weighted by Crippen LogP contribution is -2.21. The third kappa shape index (κ3) is 1.44. The lowest BCUT2D eigenvalue weighted by molar-refractivity contribution is 0.297. The zero-order chi connectivity index (χ0) is 9.97. The predicted molar refractivity (Wildman–Crippen MR) is 54.9 cm³/mol. The molecule has 0 saturated heterocycles. The molecule has 0 fully saturated rings. The van der Waals surface area contributed by atoms with Gasteiger partial charge in [0.2, 0.25) is 0 Å². The van der Waals surface area contributed by atoms with Gasteiger partial charge in [0.15, 0.2) is 11.5 Å². The highest BCUT2D eigenvalue weighted by molar-refractivity contribution is 5.50. The van der Waals surface area contributed by atoms with Crippen molar-refractivity contribution in [2.75, 3.05) is 20.3 Å². The van der Waals surface area contributed by atoms with Crippen molar-refractivity contribution in [3.05, 3.63) is 23.8 Å². The van der Waals surface area contributed by atoms with Crippen LogP contribution < -0.4 is 14.8 Å². The smallest absolute Gasteiger partial charge is 0.166 e. The molecule has 1 aliphatic rings. The van der Waals surface area contributed by atoms with Gasteiger partial charge >= 0.3 is 0 Å². The van der Waals surface area contributed by atoms with Crippen molar-refractivity contribution < 1.29 is 9.47 Å². The zero-order valence-electron chi connectivity index (χ0n) is 8.54. The Balaban J connectivity index is 2.31. The van der Waals surface area contributed by atoms with Gasteiger partial charge in [-0.2, -0.15) is 0 Å². The minimum absolute atomic E-state index is 0.310. The second-order valence-electron chi connectivity index (χ2n) is 3.30. The number of methoxy groups -OCH3 is 1. The molecule has 0 saturated carbocycles. The molecule has 1 unspecified atom stereocenters. The van der Waals surface area contributed by atoms with Crippen LogP contribution in [0, 0.1) is 0 Å². The topological polar surface area (TPSA) is 30.5 Å². The van der Waals surface area contributed by atoms with Crippen molar-refractivity contribution in [3.63, 3.8) is 0 Å². The normalized spacial score (nSPS) is 18.9. The van der Waals surface area contributed by atoms with E-state index in [-0.39, 0.29) is 0 Å². The Morgan fingerprint density at radius 1 is 1.57 bits per heavy atom. The largest absolute Gasteiger partial charge is 0.493 e. The van der Waals surface area contributed by atoms with Gasteiger partial charge in [0, 0.05) is 5.56 Å². The summed E-state index contributed by atoms with van der Waals surface area (Å²) < 4.78 is 10.8. The number of benzene rings is 1. The summed E-state index contributed by atoms with van der Waals surface area (Å²) in [5.41, 5.74) is 1.20. The molecule has 1 N–H and O–H groups in total. The van der Waals surface area contributed by atoms with Gasteiger partial charge < -0.3 is 14.8 Å². The quantitative estimate of drug-likeness (QED) is 0.793. The van der Waals surface area contributed by atoms with Crippen molar-refractivity contribution in [1.29, 1.82) is 0 Å². The monoisotopic (exact) mass is 193 g/mol. The molecule has 0 amide bonds. The first-order valence-electron chi connectivity index (χ1n) is 4.90. The lowest BCUT2D eigenvalue weighted by atomic mass is 10.1. The molecular weight excluding hydrogens is 178 g/mol. The van der Waals surface area contributed by atoms with Crippen LogP contribution in [0.4, 0.5) is 0 Å². The number of likely N-dealkylation sites (N-methyl/N-ethyl adjacent to an activating group) is 1. The number of fused-ring (bicyclic) bond motifs is 1. The van der Waals surface area contributed by atoms with Crippen LogP contribution >= 0.6 is 0 Å². The van der Waals surface area contributed by atoms with Gasteiger partial charge in [0.05, 0.1) is 13.2 Å². The number of hydrogen-bond donors (Lipinski definition) is 1. The van der Waals surface area contributed by atoms with Gasteiger partial charge in [0.1, 0.15) is 6.61 Å². The zero-order valence-corrected chi connectivity index (χ0v) is 8.54. The van der Waals surface area contributed by atoms with Crippen LogP contribution in [-0.4, -0.2) is 20.3 Å². The fourth-order valence-corrected chi connectivity index (χ4v) is 1.79. The Bertz CT molecular complexity index is 325. The molecule has 76 valence electrons. The van der Waals surface area contributed by atoms with Crippen molar-refractivity contribution in [1.82, 2.24) is 5.32 Å². The van der Waals surface area contributed by atoms with Gasteiger partial charge in [0.25, 0.3) is 0 Å². The molecule has 1 heterocycles. The average Bonchev–Trinajstić information content (AvgIpc) is 2.62. The Kier molecular flexibility index (Phi) is 2.59. The summed E-state index contributed by atoms with van der Waals surface area (Å²) in [6.07, 6.45) is 0. The van der Waals surface area contributed by atoms with E-state index in [4.69, 9.17) is 9.47 Å². The number of ether oxygens (including phenoxy) is 2. The summed E-state index contributed by atoms with van der Waals surface area (Å²) in [5, 5.41) is 3.37. The van der Waals surface area contributed by atoms with Gasteiger partial charge in [-0.05, 0) is 12.6 Å². The Labute approximate surface area is 84.0 Å². The van der Waals surface area contributed by atoms with Crippen molar-refractivity contribution in [2.45, 2.75) is 13.0 Å². The van der Waals surface area contributed by atoms with E-state index in [1.54, 1.807) is 7.11 Å². The van der Waals surface area contributed by atoms with E-state index in [2.05, 4.69) is 18.3 Å². The number of para-hydroxylation sites is 1. The van der Waals surface area contributed by atoms with Gasteiger partial charge in [-0.15, -0.1) is 0 Å². The average molecular weight is 193 g/mol.